The van der Waals surface area contributed by atoms with Gasteiger partial charge >= 0.3 is 5.97 Å². The van der Waals surface area contributed by atoms with Crippen LogP contribution in [0.25, 0.3) is 0 Å². The molecule has 6 fully saturated rings. The van der Waals surface area contributed by atoms with Gasteiger partial charge in [-0.15, -0.1) is 0 Å². The Hall–Kier alpha value is -1.88. The molecule has 6 saturated carbocycles. The van der Waals surface area contributed by atoms with E-state index in [0.717, 1.165) is 36.9 Å². The minimum atomic E-state index is -1.63. The maximum atomic E-state index is 13.9. The highest BCUT2D eigenvalue weighted by Crippen LogP contribution is 2.76. The molecule has 0 aromatic carbocycles. The molecule has 0 radical (unpaired) electrons. The van der Waals surface area contributed by atoms with Crippen molar-refractivity contribution in [1.82, 2.24) is 10.6 Å². The molecule has 0 bridgehead atoms. The van der Waals surface area contributed by atoms with Crippen LogP contribution in [0.1, 0.15) is 90.4 Å². The molecule has 9 nitrogen and oxygen atoms in total. The van der Waals surface area contributed by atoms with Crippen molar-refractivity contribution in [3.05, 3.63) is 35.5 Å². The average molecular weight is 705 g/mol. The van der Waals surface area contributed by atoms with Crippen LogP contribution < -0.4 is 10.6 Å². The van der Waals surface area contributed by atoms with Crippen LogP contribution in [0.2, 0.25) is 0 Å². The van der Waals surface area contributed by atoms with Crippen LogP contribution in [-0.4, -0.2) is 88.4 Å². The highest BCUT2D eigenvalue weighted by molar-refractivity contribution is 5.87. The largest absolute Gasteiger partial charge is 0.450 e. The van der Waals surface area contributed by atoms with Crippen molar-refractivity contribution in [2.24, 2.45) is 64.1 Å². The lowest BCUT2D eigenvalue weighted by molar-refractivity contribution is -0.341. The third-order valence-electron chi connectivity index (χ3n) is 17.3. The third kappa shape index (κ3) is 4.48. The number of carbonyl (C=O) groups excluding carboxylic acids is 2. The lowest BCUT2D eigenvalue weighted by Crippen LogP contribution is -2.80. The first kappa shape index (κ1) is 34.9. The summed E-state index contributed by atoms with van der Waals surface area (Å²) in [5.41, 5.74) is -4.81. The summed E-state index contributed by atoms with van der Waals surface area (Å²) >= 11 is 0. The van der Waals surface area contributed by atoms with Crippen molar-refractivity contribution >= 4 is 12.3 Å². The van der Waals surface area contributed by atoms with Gasteiger partial charge in [-0.05, 0) is 117 Å². The molecule has 15 unspecified atom stereocenters. The summed E-state index contributed by atoms with van der Waals surface area (Å²) in [7, 11) is 1.91. The molecule has 0 aromatic rings. The van der Waals surface area contributed by atoms with Gasteiger partial charge in [0.1, 0.15) is 18.0 Å². The minimum Gasteiger partial charge on any atom is -0.450 e. The second-order valence-corrected chi connectivity index (χ2v) is 18.9. The van der Waals surface area contributed by atoms with E-state index in [-0.39, 0.29) is 30.1 Å². The second kappa shape index (κ2) is 12.1. The molecule has 1 aliphatic heterocycles. The Morgan fingerprint density at radius 2 is 1.80 bits per heavy atom. The Morgan fingerprint density at radius 1 is 1.00 bits per heavy atom. The Morgan fingerprint density at radius 3 is 2.57 bits per heavy atom. The van der Waals surface area contributed by atoms with Crippen LogP contribution in [0.3, 0.4) is 0 Å². The number of likely N-dealkylation sites (N-methyl/N-ethyl adjacent to an activating group) is 1. The van der Waals surface area contributed by atoms with Crippen molar-refractivity contribution < 1.29 is 34.8 Å². The number of allylic oxidation sites excluding steroid dienone is 3. The average Bonchev–Trinajstić information content (AvgIpc) is 3.81. The minimum absolute atomic E-state index is 0.108. The summed E-state index contributed by atoms with van der Waals surface area (Å²) < 4.78 is 5.92. The number of nitrogens with one attached hydrogen (secondary N) is 2. The van der Waals surface area contributed by atoms with Crippen molar-refractivity contribution in [3.63, 3.8) is 0 Å². The van der Waals surface area contributed by atoms with Gasteiger partial charge in [-0.1, -0.05) is 50.8 Å². The van der Waals surface area contributed by atoms with E-state index < -0.39 is 57.6 Å². The van der Waals surface area contributed by atoms with Gasteiger partial charge in [0.2, 0.25) is 0 Å². The van der Waals surface area contributed by atoms with Crippen molar-refractivity contribution in [3.8, 4) is 0 Å². The fourth-order valence-corrected chi connectivity index (χ4v) is 15.3. The summed E-state index contributed by atoms with van der Waals surface area (Å²) in [5.74, 6) is -0.539. The molecule has 9 rings (SSSR count). The van der Waals surface area contributed by atoms with Gasteiger partial charge in [0, 0.05) is 43.0 Å². The highest BCUT2D eigenvalue weighted by atomic mass is 16.5. The lowest BCUT2D eigenvalue weighted by atomic mass is 9.36. The summed E-state index contributed by atoms with van der Waals surface area (Å²) in [6, 6.07) is 0. The van der Waals surface area contributed by atoms with E-state index in [9.17, 15) is 30.0 Å². The normalized spacial score (nSPS) is 52.6. The molecule has 0 amide bonds. The van der Waals surface area contributed by atoms with Crippen LogP contribution in [0.5, 0.6) is 0 Å². The summed E-state index contributed by atoms with van der Waals surface area (Å²) in [4.78, 5) is 26.8. The third-order valence-corrected chi connectivity index (χ3v) is 17.3. The SMILES string of the molecule is CNCCNCC1=CC2CC3(O)C(C)(CCC4C3(O)CC3CC5C(C=CCC5C5CCCC5)CC5C(O)CCC4(C=O)C35O)C2C2=CC(=O)OC12. The van der Waals surface area contributed by atoms with Crippen LogP contribution in [0.15, 0.2) is 35.5 Å². The van der Waals surface area contributed by atoms with E-state index >= 15 is 0 Å². The number of aliphatic hydroxyl groups is 4. The molecule has 0 saturated heterocycles. The zero-order valence-electron chi connectivity index (χ0n) is 30.6. The molecule has 8 aliphatic carbocycles. The van der Waals surface area contributed by atoms with Gasteiger partial charge < -0.3 is 40.6 Å². The second-order valence-electron chi connectivity index (χ2n) is 18.9. The molecule has 51 heavy (non-hydrogen) atoms. The number of ether oxygens (including phenoxy) is 1. The standard InChI is InChI=1S/C42H60N2O7/c1-38-12-11-34-39(23-45)13-10-33(46)32-17-25-8-5-9-29(24-6-3-4-7-24)30(25)18-28(42(32,39)50)21-40(34,48)41(38,49)20-26-16-27(22-44-15-14-43-2)37-31(36(26)38)19-35(47)51-37/h5,8,16,19,23-26,28-30,32-34,36-37,43-44,46,48-50H,3-4,6-7,9-15,17-18,20-22H2,1-2H3. The van der Waals surface area contributed by atoms with E-state index in [1.54, 1.807) is 6.08 Å². The van der Waals surface area contributed by atoms with Gasteiger partial charge in [-0.25, -0.2) is 4.79 Å². The van der Waals surface area contributed by atoms with Crippen LogP contribution >= 0.6 is 0 Å². The number of hydrogen-bond acceptors (Lipinski definition) is 9. The first-order valence-electron chi connectivity index (χ1n) is 20.4. The summed E-state index contributed by atoms with van der Waals surface area (Å²) in [5, 5.41) is 58.9. The van der Waals surface area contributed by atoms with E-state index in [2.05, 4.69) is 35.8 Å². The van der Waals surface area contributed by atoms with Gasteiger partial charge in [-0.2, -0.15) is 0 Å². The molecular formula is C42H60N2O7. The zero-order chi connectivity index (χ0) is 35.6. The van der Waals surface area contributed by atoms with Crippen molar-refractivity contribution in [2.75, 3.05) is 26.7 Å². The van der Waals surface area contributed by atoms with Crippen LogP contribution in [0, 0.1) is 64.1 Å². The molecule has 15 atom stereocenters. The topological polar surface area (TPSA) is 148 Å². The predicted octanol–water partition coefficient (Wildman–Crippen LogP) is 3.60. The Kier molecular flexibility index (Phi) is 8.24. The predicted molar refractivity (Wildman–Crippen MR) is 191 cm³/mol. The zero-order valence-corrected chi connectivity index (χ0v) is 30.6. The fourth-order valence-electron chi connectivity index (χ4n) is 15.3. The highest BCUT2D eigenvalue weighted by Gasteiger charge is 2.82. The smallest absolute Gasteiger partial charge is 0.331 e. The van der Waals surface area contributed by atoms with Gasteiger partial charge in [0.15, 0.2) is 0 Å². The first-order chi connectivity index (χ1) is 24.5. The van der Waals surface area contributed by atoms with E-state index in [4.69, 9.17) is 4.74 Å². The van der Waals surface area contributed by atoms with Crippen LogP contribution in [-0.2, 0) is 14.3 Å². The molecular weight excluding hydrogens is 644 g/mol. The summed E-state index contributed by atoms with van der Waals surface area (Å²) in [6.07, 6.45) is 18.0. The number of esters is 1. The summed E-state index contributed by atoms with van der Waals surface area (Å²) in [6.45, 7) is 4.23. The monoisotopic (exact) mass is 704 g/mol. The van der Waals surface area contributed by atoms with Gasteiger partial charge in [0.25, 0.3) is 0 Å². The van der Waals surface area contributed by atoms with E-state index in [0.29, 0.717) is 69.2 Å². The number of hydrogen-bond donors (Lipinski definition) is 6. The Labute approximate surface area is 302 Å². The van der Waals surface area contributed by atoms with Gasteiger partial charge in [-0.3, -0.25) is 0 Å². The number of aldehydes is 1. The van der Waals surface area contributed by atoms with Crippen LogP contribution in [0.4, 0.5) is 0 Å². The fraction of sp³-hybridized carbons (Fsp3) is 0.810. The number of aliphatic hydroxyl groups excluding tert-OH is 1. The molecule has 6 N–H and O–H groups in total. The lowest BCUT2D eigenvalue weighted by Gasteiger charge is -2.71. The van der Waals surface area contributed by atoms with Crippen molar-refractivity contribution in [2.45, 2.75) is 119 Å². The molecule has 280 valence electrons. The molecule has 1 heterocycles. The number of carbonyl (C=O) groups is 2. The molecule has 9 heteroatoms. The quantitative estimate of drug-likeness (QED) is 0.101. The Balaban J connectivity index is 1.14. The van der Waals surface area contributed by atoms with Gasteiger partial charge in [0.05, 0.1) is 22.7 Å². The molecule has 9 aliphatic rings. The molecule has 0 spiro atoms. The van der Waals surface area contributed by atoms with E-state index in [1.165, 1.54) is 25.7 Å². The number of fused-ring (bicyclic) bond motifs is 9. The molecule has 0 aromatic heterocycles. The maximum Gasteiger partial charge on any atom is 0.331 e. The van der Waals surface area contributed by atoms with Crippen molar-refractivity contribution in [1.29, 1.82) is 0 Å². The van der Waals surface area contributed by atoms with E-state index in [1.807, 2.05) is 7.05 Å². The number of rotatable bonds is 7. The maximum absolute atomic E-state index is 13.9. The Bertz CT molecular complexity index is 1540. The first-order valence-corrected chi connectivity index (χ1v) is 20.4.